The molecule has 2 saturated carbocycles. The van der Waals surface area contributed by atoms with Crippen molar-refractivity contribution < 1.29 is 43.1 Å². The van der Waals surface area contributed by atoms with E-state index in [1.54, 1.807) is 0 Å². The molecule has 0 radical (unpaired) electrons. The van der Waals surface area contributed by atoms with Gasteiger partial charge in [-0.15, -0.1) is 0 Å². The Morgan fingerprint density at radius 2 is 1.75 bits per heavy atom. The molecule has 1 aromatic heterocycles. The predicted molar refractivity (Wildman–Crippen MR) is 214 cm³/mol. The number of aromatic hydroxyl groups is 1. The third kappa shape index (κ3) is 8.96. The van der Waals surface area contributed by atoms with Gasteiger partial charge in [-0.2, -0.15) is 13.2 Å². The summed E-state index contributed by atoms with van der Waals surface area (Å²) in [4.78, 5) is 24.8. The van der Waals surface area contributed by atoms with Crippen molar-refractivity contribution in [3.05, 3.63) is 82.8 Å². The van der Waals surface area contributed by atoms with Gasteiger partial charge in [-0.05, 0) is 115 Å². The van der Waals surface area contributed by atoms with Crippen molar-refractivity contribution in [2.45, 2.75) is 101 Å². The summed E-state index contributed by atoms with van der Waals surface area (Å²) in [5.74, 6) is 1.94. The minimum atomic E-state index is -4.66. The summed E-state index contributed by atoms with van der Waals surface area (Å²) in [5.41, 5.74) is 3.16. The van der Waals surface area contributed by atoms with Crippen LogP contribution in [0.2, 0.25) is 0 Å². The fraction of sp³-hybridized carbons (Fsp3) is 0.614. The Morgan fingerprint density at radius 3 is 2.51 bits per heavy atom. The van der Waals surface area contributed by atoms with Gasteiger partial charge in [-0.25, -0.2) is 4.98 Å². The van der Waals surface area contributed by atoms with E-state index in [9.17, 15) is 38.4 Å². The van der Waals surface area contributed by atoms with Crippen LogP contribution in [0.4, 0.5) is 19.0 Å². The highest BCUT2D eigenvalue weighted by molar-refractivity contribution is 5.94. The van der Waals surface area contributed by atoms with Crippen LogP contribution in [0, 0.1) is 23.2 Å². The van der Waals surface area contributed by atoms with Crippen LogP contribution in [0.3, 0.4) is 0 Å². The van der Waals surface area contributed by atoms with Crippen LogP contribution in [0.15, 0.2) is 54.9 Å². The quantitative estimate of drug-likeness (QED) is 0.150. The van der Waals surface area contributed by atoms with Crippen molar-refractivity contribution in [2.24, 2.45) is 23.2 Å². The normalized spacial score (nSPS) is 32.5. The number of hydrogen-bond donors (Lipinski definition) is 6. The van der Waals surface area contributed by atoms with Crippen molar-refractivity contribution in [1.82, 2.24) is 25.1 Å². The molecule has 5 aliphatic rings. The van der Waals surface area contributed by atoms with Gasteiger partial charge in [0.25, 0.3) is 5.91 Å². The molecule has 8 rings (SSSR count). The summed E-state index contributed by atoms with van der Waals surface area (Å²) in [6.45, 7) is 7.00. The maximum absolute atomic E-state index is 13.2. The Kier molecular flexibility index (Phi) is 12.2. The number of benzene rings is 2. The van der Waals surface area contributed by atoms with Crippen LogP contribution < -0.4 is 10.6 Å². The smallest absolute Gasteiger partial charge is 0.434 e. The topological polar surface area (TPSA) is 164 Å². The van der Waals surface area contributed by atoms with Crippen LogP contribution in [0.1, 0.15) is 84.1 Å². The van der Waals surface area contributed by atoms with Crippen molar-refractivity contribution in [1.29, 1.82) is 0 Å². The van der Waals surface area contributed by atoms with E-state index in [1.807, 2.05) is 36.4 Å². The third-order valence-electron chi connectivity index (χ3n) is 14.3. The number of piperazine rings is 1. The summed E-state index contributed by atoms with van der Waals surface area (Å²) in [6.07, 6.45) is 0.479. The number of anilines is 1. The van der Waals surface area contributed by atoms with E-state index in [2.05, 4.69) is 43.4 Å². The van der Waals surface area contributed by atoms with E-state index in [4.69, 9.17) is 4.74 Å². The molecule has 12 nitrogen and oxygen atoms in total. The molecule has 4 unspecified atom stereocenters. The molecule has 320 valence electrons. The first kappa shape index (κ1) is 41.9. The Bertz CT molecular complexity index is 1930. The van der Waals surface area contributed by atoms with Crippen LogP contribution in [0.5, 0.6) is 5.75 Å². The number of phenols is 1. The maximum Gasteiger partial charge on any atom is 0.434 e. The van der Waals surface area contributed by atoms with Crippen molar-refractivity contribution in [3.63, 3.8) is 0 Å². The lowest BCUT2D eigenvalue weighted by Crippen LogP contribution is -2.59. The van der Waals surface area contributed by atoms with Crippen molar-refractivity contribution in [3.8, 4) is 5.75 Å². The lowest BCUT2D eigenvalue weighted by molar-refractivity contribution is -0.148. The number of alkyl halides is 3. The summed E-state index contributed by atoms with van der Waals surface area (Å²) in [6, 6.07) is 12.8. The first-order valence-corrected chi connectivity index (χ1v) is 21.2. The number of hydrogen-bond acceptors (Lipinski definition) is 11. The molecule has 0 bridgehead atoms. The second kappa shape index (κ2) is 17.3. The number of carbonyl (C=O) groups is 1. The third-order valence-corrected chi connectivity index (χ3v) is 14.3. The zero-order valence-electron chi connectivity index (χ0n) is 33.5. The number of amides is 1. The average molecular weight is 823 g/mol. The molecule has 2 aliphatic heterocycles. The molecule has 10 atom stereocenters. The molecule has 59 heavy (non-hydrogen) atoms. The van der Waals surface area contributed by atoms with E-state index in [-0.39, 0.29) is 29.9 Å². The number of phenolic OH excluding ortho intramolecular Hbond substituents is 1. The Morgan fingerprint density at radius 1 is 0.983 bits per heavy atom. The predicted octanol–water partition coefficient (Wildman–Crippen LogP) is 4.57. The number of aliphatic hydroxyl groups excluding tert-OH is 3. The SMILES string of the molecule is C[C@]12CCC3c4ccc(O)cc4CC(CCCNC(=O)c4ccc(CN5CCN(C[C@H]6OC[C@H](Nc7cncc(C(F)(F)F)n7)[C@@H](O)[C@H]6O)CC5)cc4)C3C1CC[C@@H]2O. The van der Waals surface area contributed by atoms with Crippen LogP contribution in [0.25, 0.3) is 0 Å². The lowest BCUT2D eigenvalue weighted by atomic mass is 9.52. The Hall–Kier alpha value is -3.86. The summed E-state index contributed by atoms with van der Waals surface area (Å²) >= 11 is 0. The monoisotopic (exact) mass is 822 g/mol. The first-order valence-electron chi connectivity index (χ1n) is 21.2. The van der Waals surface area contributed by atoms with Crippen LogP contribution in [-0.4, -0.2) is 122 Å². The second-order valence-corrected chi connectivity index (χ2v) is 17.8. The maximum atomic E-state index is 13.2. The fourth-order valence-electron chi connectivity index (χ4n) is 11.0. The van der Waals surface area contributed by atoms with Gasteiger partial charge in [-0.3, -0.25) is 19.6 Å². The number of fused-ring (bicyclic) bond motifs is 5. The van der Waals surface area contributed by atoms with Crippen LogP contribution in [-0.2, 0) is 23.9 Å². The van der Waals surface area contributed by atoms with Crippen molar-refractivity contribution in [2.75, 3.05) is 51.2 Å². The van der Waals surface area contributed by atoms with Gasteiger partial charge in [0.1, 0.15) is 23.8 Å². The van der Waals surface area contributed by atoms with Crippen molar-refractivity contribution >= 4 is 11.7 Å². The highest BCUT2D eigenvalue weighted by atomic mass is 19.4. The van der Waals surface area contributed by atoms with Gasteiger partial charge >= 0.3 is 6.18 Å². The molecular formula is C44H57F3N6O6. The molecule has 1 amide bonds. The van der Waals surface area contributed by atoms with Gasteiger partial charge in [0.15, 0.2) is 5.69 Å². The van der Waals surface area contributed by atoms with E-state index in [0.717, 1.165) is 89.4 Å². The number of halogens is 3. The van der Waals surface area contributed by atoms with Gasteiger partial charge in [0.2, 0.25) is 0 Å². The molecule has 2 aromatic carbocycles. The average Bonchev–Trinajstić information content (AvgIpc) is 3.53. The number of carbonyl (C=O) groups excluding carboxylic acids is 1. The Labute approximate surface area is 343 Å². The molecule has 3 aliphatic carbocycles. The van der Waals surface area contributed by atoms with Gasteiger partial charge < -0.3 is 35.8 Å². The number of nitrogens with one attached hydrogen (secondary N) is 2. The molecular weight excluding hydrogens is 766 g/mol. The number of ether oxygens (including phenoxy) is 1. The molecule has 2 saturated heterocycles. The van der Waals surface area contributed by atoms with Crippen LogP contribution >= 0.6 is 0 Å². The molecule has 0 spiro atoms. The first-order chi connectivity index (χ1) is 28.3. The number of aromatic nitrogens is 2. The summed E-state index contributed by atoms with van der Waals surface area (Å²) < 4.78 is 45.0. The van der Waals surface area contributed by atoms with Gasteiger partial charge in [-0.1, -0.05) is 25.1 Å². The number of aliphatic hydroxyl groups is 3. The highest BCUT2D eigenvalue weighted by Crippen LogP contribution is 2.62. The zero-order chi connectivity index (χ0) is 41.5. The molecule has 15 heteroatoms. The highest BCUT2D eigenvalue weighted by Gasteiger charge is 2.56. The molecule has 6 N–H and O–H groups in total. The van der Waals surface area contributed by atoms with E-state index in [1.165, 1.54) is 11.1 Å². The summed E-state index contributed by atoms with van der Waals surface area (Å²) in [7, 11) is 0. The van der Waals surface area contributed by atoms with Gasteiger partial charge in [0.05, 0.1) is 37.3 Å². The minimum Gasteiger partial charge on any atom is -0.508 e. The molecule has 3 aromatic rings. The second-order valence-electron chi connectivity index (χ2n) is 17.8. The number of rotatable bonds is 11. The lowest BCUT2D eigenvalue weighted by Gasteiger charge is -2.53. The van der Waals surface area contributed by atoms with E-state index in [0.29, 0.717) is 54.3 Å². The fourth-order valence-corrected chi connectivity index (χ4v) is 11.0. The van der Waals surface area contributed by atoms with E-state index < -0.39 is 36.2 Å². The standard InChI is InChI=1S/C44H57F3N6O6/c1-43-13-12-32-31-9-8-30(54)20-29(31)19-28(39(32)33(43)10-11-37(43)55)3-2-14-49-42(58)27-6-4-26(5-7-27)23-52-15-17-53(18-16-52)24-35-41(57)40(56)34(25-59-35)50-38-22-48-21-36(51-38)44(45,46)47/h4-9,20-22,28,32-35,37,39-41,54-57H,2-3,10-19,23-25H2,1H3,(H,49,58)(H,50,51)/t28?,32?,33?,34-,35+,37-,39?,40+,41-,43-/m0/s1. The molecule has 3 heterocycles. The zero-order valence-corrected chi connectivity index (χ0v) is 33.5. The minimum absolute atomic E-state index is 0.0231. The number of nitrogens with zero attached hydrogens (tertiary/aromatic N) is 4. The molecule has 4 fully saturated rings. The Balaban J connectivity index is 0.766. The van der Waals surface area contributed by atoms with Gasteiger partial charge in [0, 0.05) is 51.4 Å². The summed E-state index contributed by atoms with van der Waals surface area (Å²) in [5, 5.41) is 48.7. The largest absolute Gasteiger partial charge is 0.508 e. The van der Waals surface area contributed by atoms with E-state index >= 15 is 0 Å².